The molecular weight excluding hydrogens is 282 g/mol. The lowest BCUT2D eigenvalue weighted by Crippen LogP contribution is -2.28. The largest absolute Gasteiger partial charge is 0.395 e. The van der Waals surface area contributed by atoms with Crippen LogP contribution in [-0.2, 0) is 0 Å². The van der Waals surface area contributed by atoms with Crippen molar-refractivity contribution in [2.75, 3.05) is 26.2 Å². The summed E-state index contributed by atoms with van der Waals surface area (Å²) in [5.41, 5.74) is 0.930. The molecule has 17 heavy (non-hydrogen) atoms. The van der Waals surface area contributed by atoms with Gasteiger partial charge in [0.1, 0.15) is 0 Å². The fourth-order valence-corrected chi connectivity index (χ4v) is 2.17. The highest BCUT2D eigenvalue weighted by atomic mass is 79.9. The first-order valence-corrected chi connectivity index (χ1v) is 6.73. The second-order valence-corrected chi connectivity index (χ2v) is 4.93. The lowest BCUT2D eigenvalue weighted by molar-refractivity contribution is 0.133. The smallest absolute Gasteiger partial charge is 0.0802 e. The van der Waals surface area contributed by atoms with E-state index >= 15 is 0 Å². The topological polar surface area (TPSA) is 43.7 Å². The maximum atomic E-state index is 10.0. The predicted octanol–water partition coefficient (Wildman–Crippen LogP) is 2.19. The van der Waals surface area contributed by atoms with Crippen molar-refractivity contribution >= 4 is 15.9 Å². The van der Waals surface area contributed by atoms with Crippen LogP contribution < -0.4 is 0 Å². The molecule has 0 spiro atoms. The highest BCUT2D eigenvalue weighted by Gasteiger charge is 2.10. The number of aliphatic hydroxyl groups excluding tert-OH is 2. The van der Waals surface area contributed by atoms with Gasteiger partial charge in [-0.2, -0.15) is 0 Å². The molecule has 1 aromatic rings. The van der Waals surface area contributed by atoms with E-state index in [9.17, 15) is 5.11 Å². The van der Waals surface area contributed by atoms with E-state index in [0.717, 1.165) is 23.1 Å². The number of hydrogen-bond donors (Lipinski definition) is 2. The molecule has 3 nitrogen and oxygen atoms in total. The Kier molecular flexibility index (Phi) is 6.73. The van der Waals surface area contributed by atoms with Gasteiger partial charge >= 0.3 is 0 Å². The van der Waals surface area contributed by atoms with Crippen molar-refractivity contribution in [1.29, 1.82) is 0 Å². The number of hydrogen-bond acceptors (Lipinski definition) is 3. The monoisotopic (exact) mass is 301 g/mol. The lowest BCUT2D eigenvalue weighted by Gasteiger charge is -2.21. The minimum absolute atomic E-state index is 0.167. The maximum Gasteiger partial charge on any atom is 0.0802 e. The Balaban J connectivity index is 2.46. The van der Waals surface area contributed by atoms with Gasteiger partial charge in [0.2, 0.25) is 0 Å². The SMILES string of the molecule is CCN(CCO)CCC(O)c1cccc(Br)c1. The van der Waals surface area contributed by atoms with Crippen LogP contribution >= 0.6 is 15.9 Å². The van der Waals surface area contributed by atoms with Gasteiger partial charge in [-0.3, -0.25) is 0 Å². The fourth-order valence-electron chi connectivity index (χ4n) is 1.75. The molecular formula is C13H20BrNO2. The van der Waals surface area contributed by atoms with E-state index in [1.54, 1.807) is 0 Å². The highest BCUT2D eigenvalue weighted by molar-refractivity contribution is 9.10. The van der Waals surface area contributed by atoms with Crippen LogP contribution in [0.25, 0.3) is 0 Å². The molecule has 2 N–H and O–H groups in total. The summed E-state index contributed by atoms with van der Waals surface area (Å²) in [6.07, 6.45) is 0.241. The zero-order chi connectivity index (χ0) is 12.7. The highest BCUT2D eigenvalue weighted by Crippen LogP contribution is 2.20. The Morgan fingerprint density at radius 2 is 2.12 bits per heavy atom. The molecule has 0 amide bonds. The molecule has 0 heterocycles. The molecule has 0 bridgehead atoms. The van der Waals surface area contributed by atoms with Crippen molar-refractivity contribution in [2.24, 2.45) is 0 Å². The van der Waals surface area contributed by atoms with Crippen molar-refractivity contribution in [3.8, 4) is 0 Å². The van der Waals surface area contributed by atoms with Crippen LogP contribution in [-0.4, -0.2) is 41.4 Å². The fraction of sp³-hybridized carbons (Fsp3) is 0.538. The minimum atomic E-state index is -0.444. The molecule has 96 valence electrons. The summed E-state index contributed by atoms with van der Waals surface area (Å²) < 4.78 is 0.983. The van der Waals surface area contributed by atoms with Gasteiger partial charge in [-0.05, 0) is 30.7 Å². The van der Waals surface area contributed by atoms with E-state index in [1.807, 2.05) is 24.3 Å². The molecule has 4 heteroatoms. The average molecular weight is 302 g/mol. The van der Waals surface area contributed by atoms with Crippen LogP contribution in [0.5, 0.6) is 0 Å². The third kappa shape index (κ3) is 5.17. The third-order valence-corrected chi connectivity index (χ3v) is 3.31. The molecule has 1 atom stereocenters. The molecule has 0 aromatic heterocycles. The van der Waals surface area contributed by atoms with E-state index in [1.165, 1.54) is 0 Å². The van der Waals surface area contributed by atoms with Gasteiger partial charge in [0.05, 0.1) is 12.7 Å². The van der Waals surface area contributed by atoms with Gasteiger partial charge in [-0.1, -0.05) is 35.0 Å². The molecule has 0 fully saturated rings. The van der Waals surface area contributed by atoms with Gasteiger partial charge in [0.25, 0.3) is 0 Å². The molecule has 0 radical (unpaired) electrons. The van der Waals surface area contributed by atoms with Crippen molar-refractivity contribution in [2.45, 2.75) is 19.4 Å². The van der Waals surface area contributed by atoms with Gasteiger partial charge in [0, 0.05) is 17.6 Å². The molecule has 1 unspecified atom stereocenters. The van der Waals surface area contributed by atoms with Crippen molar-refractivity contribution in [3.63, 3.8) is 0 Å². The zero-order valence-electron chi connectivity index (χ0n) is 10.1. The Morgan fingerprint density at radius 1 is 1.35 bits per heavy atom. The second kappa shape index (κ2) is 7.82. The standard InChI is InChI=1S/C13H20BrNO2/c1-2-15(8-9-16)7-6-13(17)11-4-3-5-12(14)10-11/h3-5,10,13,16-17H,2,6-9H2,1H3. The van der Waals surface area contributed by atoms with Gasteiger partial charge < -0.3 is 15.1 Å². The molecule has 0 saturated heterocycles. The third-order valence-electron chi connectivity index (χ3n) is 2.82. The molecule has 0 aliphatic heterocycles. The summed E-state index contributed by atoms with van der Waals surface area (Å²) in [7, 11) is 0. The van der Waals surface area contributed by atoms with Gasteiger partial charge in [-0.25, -0.2) is 0 Å². The van der Waals surface area contributed by atoms with Gasteiger partial charge in [-0.15, -0.1) is 0 Å². The summed E-state index contributed by atoms with van der Waals surface area (Å²) in [5, 5.41) is 18.9. The normalized spacial score (nSPS) is 13.0. The first kappa shape index (κ1) is 14.6. The Bertz CT molecular complexity index is 333. The minimum Gasteiger partial charge on any atom is -0.395 e. The van der Waals surface area contributed by atoms with E-state index in [0.29, 0.717) is 13.0 Å². The number of benzene rings is 1. The molecule has 0 saturated carbocycles. The molecule has 0 aliphatic rings. The van der Waals surface area contributed by atoms with E-state index < -0.39 is 6.10 Å². The summed E-state index contributed by atoms with van der Waals surface area (Å²) in [6.45, 7) is 4.58. The number of nitrogens with zero attached hydrogens (tertiary/aromatic N) is 1. The first-order chi connectivity index (χ1) is 8.17. The van der Waals surface area contributed by atoms with Gasteiger partial charge in [0.15, 0.2) is 0 Å². The second-order valence-electron chi connectivity index (χ2n) is 4.02. The average Bonchev–Trinajstić information content (AvgIpc) is 2.34. The molecule has 0 aliphatic carbocycles. The number of rotatable bonds is 7. The molecule has 1 aromatic carbocycles. The lowest BCUT2D eigenvalue weighted by atomic mass is 10.1. The zero-order valence-corrected chi connectivity index (χ0v) is 11.7. The van der Waals surface area contributed by atoms with Crippen LogP contribution in [0, 0.1) is 0 Å². The van der Waals surface area contributed by atoms with Crippen LogP contribution in [0.2, 0.25) is 0 Å². The Hall–Kier alpha value is -0.420. The first-order valence-electron chi connectivity index (χ1n) is 5.94. The molecule has 1 rings (SSSR count). The van der Waals surface area contributed by atoms with Crippen LogP contribution in [0.1, 0.15) is 25.0 Å². The van der Waals surface area contributed by atoms with E-state index in [2.05, 4.69) is 27.8 Å². The van der Waals surface area contributed by atoms with E-state index in [4.69, 9.17) is 5.11 Å². The summed E-state index contributed by atoms with van der Waals surface area (Å²) in [4.78, 5) is 2.13. The Morgan fingerprint density at radius 3 is 2.71 bits per heavy atom. The predicted molar refractivity (Wildman–Crippen MR) is 72.9 cm³/mol. The van der Waals surface area contributed by atoms with Crippen LogP contribution in [0.3, 0.4) is 0 Å². The summed E-state index contributed by atoms with van der Waals surface area (Å²) in [5.74, 6) is 0. The van der Waals surface area contributed by atoms with Crippen molar-refractivity contribution < 1.29 is 10.2 Å². The van der Waals surface area contributed by atoms with E-state index in [-0.39, 0.29) is 6.61 Å². The number of halogens is 1. The van der Waals surface area contributed by atoms with Crippen LogP contribution in [0.15, 0.2) is 28.7 Å². The number of likely N-dealkylation sites (N-methyl/N-ethyl adjacent to an activating group) is 1. The Labute approximate surface area is 111 Å². The summed E-state index contributed by atoms with van der Waals surface area (Å²) in [6, 6.07) is 7.74. The maximum absolute atomic E-state index is 10.0. The van der Waals surface area contributed by atoms with Crippen LogP contribution in [0.4, 0.5) is 0 Å². The van der Waals surface area contributed by atoms with Crippen molar-refractivity contribution in [1.82, 2.24) is 4.90 Å². The quantitative estimate of drug-likeness (QED) is 0.811. The van der Waals surface area contributed by atoms with Crippen molar-refractivity contribution in [3.05, 3.63) is 34.3 Å². The number of aliphatic hydroxyl groups is 2. The summed E-state index contributed by atoms with van der Waals surface area (Å²) >= 11 is 3.39.